The van der Waals surface area contributed by atoms with Crippen LogP contribution in [0.5, 0.6) is 0 Å². The molecule has 8 heteroatoms. The Hall–Kier alpha value is -1.28. The van der Waals surface area contributed by atoms with E-state index < -0.39 is 0 Å². The highest BCUT2D eigenvalue weighted by atomic mass is 32.1. The van der Waals surface area contributed by atoms with Gasteiger partial charge in [0, 0.05) is 23.8 Å². The van der Waals surface area contributed by atoms with Crippen LogP contribution in [0.4, 0.5) is 0 Å². The molecule has 0 aliphatic rings. The zero-order valence-electron chi connectivity index (χ0n) is 13.0. The second kappa shape index (κ2) is 10.5. The number of rotatable bonds is 4. The van der Waals surface area contributed by atoms with Crippen molar-refractivity contribution in [3.63, 3.8) is 0 Å². The van der Waals surface area contributed by atoms with Crippen molar-refractivity contribution in [3.05, 3.63) is 0 Å². The van der Waals surface area contributed by atoms with E-state index in [-0.39, 0.29) is 9.69 Å². The summed E-state index contributed by atoms with van der Waals surface area (Å²) in [5, 5.41) is 18.1. The molecule has 0 fully saturated rings. The van der Waals surface area contributed by atoms with E-state index in [9.17, 15) is 0 Å². The molecule has 0 aliphatic heterocycles. The maximum Gasteiger partial charge on any atom is 0.186 e. The fourth-order valence-corrected chi connectivity index (χ4v) is 0.959. The lowest BCUT2D eigenvalue weighted by Gasteiger charge is -2.23. The molecule has 0 atom stereocenters. The lowest BCUT2D eigenvalue weighted by molar-refractivity contribution is 0.505. The smallest absolute Gasteiger partial charge is 0.186 e. The van der Waals surface area contributed by atoms with E-state index in [1.165, 1.54) is 0 Å². The summed E-state index contributed by atoms with van der Waals surface area (Å²) in [7, 11) is 3.41. The van der Waals surface area contributed by atoms with Crippen molar-refractivity contribution in [2.75, 3.05) is 14.1 Å². The Morgan fingerprint density at radius 2 is 1.75 bits per heavy atom. The van der Waals surface area contributed by atoms with E-state index in [0.29, 0.717) is 21.6 Å². The first-order chi connectivity index (χ1) is 9.12. The first-order valence-corrected chi connectivity index (χ1v) is 7.02. The molecular weight excluding hydrogens is 292 g/mol. The average molecular weight is 325 g/mol. The molecule has 0 amide bonds. The molecule has 0 spiro atoms. The zero-order valence-corrected chi connectivity index (χ0v) is 14.7. The number of nitrogens with one attached hydrogen (secondary N) is 4. The average Bonchev–Trinajstić information content (AvgIpc) is 2.43. The van der Waals surface area contributed by atoms with Gasteiger partial charge in [0.2, 0.25) is 0 Å². The van der Waals surface area contributed by atoms with Crippen LogP contribution in [-0.2, 0) is 0 Å². The highest BCUT2D eigenvalue weighted by Crippen LogP contribution is 2.21. The summed E-state index contributed by atoms with van der Waals surface area (Å²) < 4.78 is 0. The predicted molar refractivity (Wildman–Crippen MR) is 102 cm³/mol. The molecule has 0 saturated heterocycles. The van der Waals surface area contributed by atoms with Crippen LogP contribution in [0.25, 0.3) is 0 Å². The molecule has 0 unspecified atom stereocenters. The van der Waals surface area contributed by atoms with E-state index in [4.69, 9.17) is 23.4 Å². The van der Waals surface area contributed by atoms with Crippen molar-refractivity contribution in [3.8, 4) is 0 Å². The number of hydrogen-bond acceptors (Lipinski definition) is 4. The van der Waals surface area contributed by atoms with Crippen molar-refractivity contribution in [1.82, 2.24) is 16.1 Å². The Labute approximate surface area is 136 Å². The van der Waals surface area contributed by atoms with Gasteiger partial charge in [-0.15, -0.1) is 0 Å². The summed E-state index contributed by atoms with van der Waals surface area (Å²) in [6.07, 6.45) is 0.912. The van der Waals surface area contributed by atoms with Crippen LogP contribution < -0.4 is 21.8 Å². The fraction of sp³-hybridized carbons (Fsp3) is 0.667. The minimum Gasteiger partial charge on any atom is -0.376 e. The summed E-state index contributed by atoms with van der Waals surface area (Å²) in [4.78, 5) is 0. The van der Waals surface area contributed by atoms with Gasteiger partial charge in [0.1, 0.15) is 0 Å². The monoisotopic (exact) mass is 324 g/mol. The second-order valence-electron chi connectivity index (χ2n) is 4.61. The van der Waals surface area contributed by atoms with E-state index in [2.05, 4.69) is 40.3 Å². The van der Waals surface area contributed by atoms with E-state index in [1.54, 1.807) is 14.1 Å². The van der Waals surface area contributed by atoms with Gasteiger partial charge in [-0.3, -0.25) is 5.43 Å². The van der Waals surface area contributed by atoms with E-state index >= 15 is 0 Å². The SMILES string of the molecule is CCC(C)(C)C(=N)/C(C)=N/NC(=S)NC.CNC(N)=S.[HH].[HH].[HH]. The second-order valence-corrected chi connectivity index (χ2v) is 5.46. The fourth-order valence-electron chi connectivity index (χ4n) is 0.913. The van der Waals surface area contributed by atoms with Crippen LogP contribution in [0.1, 0.15) is 38.4 Å². The Morgan fingerprint density at radius 1 is 1.30 bits per heavy atom. The summed E-state index contributed by atoms with van der Waals surface area (Å²) in [6, 6.07) is 0. The third kappa shape index (κ3) is 9.62. The molecule has 0 heterocycles. The van der Waals surface area contributed by atoms with Gasteiger partial charge in [0.25, 0.3) is 0 Å². The maximum absolute atomic E-state index is 7.96. The zero-order chi connectivity index (χ0) is 16.3. The quantitative estimate of drug-likeness (QED) is 0.309. The van der Waals surface area contributed by atoms with Crippen molar-refractivity contribution < 1.29 is 4.28 Å². The van der Waals surface area contributed by atoms with Crippen LogP contribution >= 0.6 is 24.4 Å². The number of thiocarbonyl (C=S) groups is 2. The lowest BCUT2D eigenvalue weighted by atomic mass is 9.83. The molecule has 0 aromatic rings. The van der Waals surface area contributed by atoms with Crippen molar-refractivity contribution in [2.45, 2.75) is 34.1 Å². The topological polar surface area (TPSA) is 98.3 Å². The molecular formula is C12H32N6S2. The summed E-state index contributed by atoms with van der Waals surface area (Å²) in [5.74, 6) is 0. The van der Waals surface area contributed by atoms with Gasteiger partial charge in [-0.25, -0.2) is 0 Å². The number of hydrogen-bond donors (Lipinski definition) is 5. The van der Waals surface area contributed by atoms with Gasteiger partial charge in [-0.05, 0) is 37.8 Å². The van der Waals surface area contributed by atoms with Crippen molar-refractivity contribution in [1.29, 1.82) is 5.41 Å². The summed E-state index contributed by atoms with van der Waals surface area (Å²) in [6.45, 7) is 7.94. The third-order valence-electron chi connectivity index (χ3n) is 2.72. The molecule has 0 bridgehead atoms. The minimum atomic E-state index is -0.142. The first-order valence-electron chi connectivity index (χ1n) is 6.20. The molecule has 0 radical (unpaired) electrons. The number of nitrogens with two attached hydrogens (primary N) is 1. The van der Waals surface area contributed by atoms with Gasteiger partial charge < -0.3 is 21.8 Å². The predicted octanol–water partition coefficient (Wildman–Crippen LogP) is 2.10. The van der Waals surface area contributed by atoms with Crippen LogP contribution in [0.3, 0.4) is 0 Å². The number of nitrogens with zero attached hydrogens (tertiary/aromatic N) is 1. The van der Waals surface area contributed by atoms with Crippen molar-refractivity contribution >= 4 is 46.1 Å². The largest absolute Gasteiger partial charge is 0.376 e. The van der Waals surface area contributed by atoms with Gasteiger partial charge >= 0.3 is 0 Å². The van der Waals surface area contributed by atoms with Crippen LogP contribution in [0, 0.1) is 10.8 Å². The molecule has 0 aliphatic carbocycles. The summed E-state index contributed by atoms with van der Waals surface area (Å²) >= 11 is 9.25. The molecule has 20 heavy (non-hydrogen) atoms. The Kier molecular flexibility index (Phi) is 11.0. The highest BCUT2D eigenvalue weighted by Gasteiger charge is 2.23. The third-order valence-corrected chi connectivity index (χ3v) is 3.22. The molecule has 6 nitrogen and oxygen atoms in total. The molecule has 6 N–H and O–H groups in total. The summed E-state index contributed by atoms with van der Waals surface area (Å²) in [5.41, 5.74) is 8.65. The maximum atomic E-state index is 7.96. The molecule has 0 aromatic carbocycles. The normalized spacial score (nSPS) is 10.8. The van der Waals surface area contributed by atoms with Gasteiger partial charge in [0.15, 0.2) is 10.2 Å². The van der Waals surface area contributed by atoms with E-state index in [0.717, 1.165) is 6.42 Å². The molecule has 122 valence electrons. The van der Waals surface area contributed by atoms with Crippen LogP contribution in [0.2, 0.25) is 0 Å². The molecule has 0 rings (SSSR count). The highest BCUT2D eigenvalue weighted by molar-refractivity contribution is 7.80. The molecule has 0 aromatic heterocycles. The minimum absolute atomic E-state index is 0. The van der Waals surface area contributed by atoms with Gasteiger partial charge in [-0.2, -0.15) is 5.10 Å². The van der Waals surface area contributed by atoms with Crippen LogP contribution in [0.15, 0.2) is 5.10 Å². The standard InChI is InChI=1S/C10H20N4S.C2H6N2S.3H2/c1-6-10(3,4)8(11)7(2)13-14-9(15)12-5;1-4-2(3)5;;;/h11H,6H2,1-5H3,(H2,12,14,15);1H3,(H3,3,4,5);3*1H/b11-8?,13-7+;;;;. The van der Waals surface area contributed by atoms with Gasteiger partial charge in [0.05, 0.1) is 11.4 Å². The Morgan fingerprint density at radius 3 is 2.05 bits per heavy atom. The van der Waals surface area contributed by atoms with Crippen LogP contribution in [-0.4, -0.2) is 35.7 Å². The van der Waals surface area contributed by atoms with Crippen molar-refractivity contribution in [2.24, 2.45) is 16.3 Å². The Balaban J connectivity index is -0.000000118. The van der Waals surface area contributed by atoms with Gasteiger partial charge in [-0.1, -0.05) is 20.8 Å². The lowest BCUT2D eigenvalue weighted by Crippen LogP contribution is -2.33. The number of hydrazone groups is 1. The first kappa shape index (κ1) is 21.0. The Bertz CT molecular complexity index is 389. The van der Waals surface area contributed by atoms with E-state index in [1.807, 2.05) is 20.8 Å². The molecule has 0 saturated carbocycles.